The van der Waals surface area contributed by atoms with Gasteiger partial charge in [-0.25, -0.2) is 4.98 Å². The van der Waals surface area contributed by atoms with E-state index in [1.807, 2.05) is 0 Å². The highest BCUT2D eigenvalue weighted by Gasteiger charge is 2.00. The van der Waals surface area contributed by atoms with Crippen LogP contribution in [0.3, 0.4) is 0 Å². The van der Waals surface area contributed by atoms with E-state index >= 15 is 0 Å². The van der Waals surface area contributed by atoms with E-state index in [2.05, 4.69) is 4.98 Å². The van der Waals surface area contributed by atoms with Crippen molar-refractivity contribution >= 4 is 23.2 Å². The summed E-state index contributed by atoms with van der Waals surface area (Å²) in [6.07, 6.45) is 1.61. The van der Waals surface area contributed by atoms with Gasteiger partial charge in [0.15, 0.2) is 10.9 Å². The van der Waals surface area contributed by atoms with Gasteiger partial charge in [-0.1, -0.05) is 23.2 Å². The summed E-state index contributed by atoms with van der Waals surface area (Å²) in [5, 5.41) is 1.03. The van der Waals surface area contributed by atoms with Crippen LogP contribution >= 0.6 is 23.2 Å². The Balaban J connectivity index is 1.76. The van der Waals surface area contributed by atoms with Gasteiger partial charge in [0.25, 0.3) is 0 Å². The maximum Gasteiger partial charge on any atom is 0.171 e. The molecule has 0 amide bonds. The van der Waals surface area contributed by atoms with E-state index in [-0.39, 0.29) is 0 Å². The zero-order valence-corrected chi connectivity index (χ0v) is 11.0. The summed E-state index contributed by atoms with van der Waals surface area (Å²) in [6, 6.07) is 10.7. The lowest BCUT2D eigenvalue weighted by Gasteiger charge is -2.08. The minimum atomic E-state index is 0.351. The zero-order valence-electron chi connectivity index (χ0n) is 9.48. The van der Waals surface area contributed by atoms with Crippen molar-refractivity contribution in [3.05, 3.63) is 52.8 Å². The SMILES string of the molecule is Clc1ccc(OCCOc2cccnc2Cl)cc1. The van der Waals surface area contributed by atoms with E-state index in [1.165, 1.54) is 0 Å². The van der Waals surface area contributed by atoms with Crippen molar-refractivity contribution in [1.29, 1.82) is 0 Å². The van der Waals surface area contributed by atoms with E-state index < -0.39 is 0 Å². The minimum Gasteiger partial charge on any atom is -0.490 e. The summed E-state index contributed by atoms with van der Waals surface area (Å²) in [7, 11) is 0. The molecule has 94 valence electrons. The van der Waals surface area contributed by atoms with E-state index in [0.29, 0.717) is 29.1 Å². The molecule has 0 saturated carbocycles. The number of hydrogen-bond acceptors (Lipinski definition) is 3. The van der Waals surface area contributed by atoms with E-state index in [4.69, 9.17) is 32.7 Å². The Hall–Kier alpha value is -1.45. The molecule has 0 bridgehead atoms. The van der Waals surface area contributed by atoms with Crippen LogP contribution in [0.5, 0.6) is 11.5 Å². The Morgan fingerprint density at radius 1 is 0.944 bits per heavy atom. The summed E-state index contributed by atoms with van der Waals surface area (Å²) in [6.45, 7) is 0.820. The molecule has 0 saturated heterocycles. The van der Waals surface area contributed by atoms with Gasteiger partial charge in [0.2, 0.25) is 0 Å². The predicted octanol–water partition coefficient (Wildman–Crippen LogP) is 3.85. The summed E-state index contributed by atoms with van der Waals surface area (Å²) in [5.41, 5.74) is 0. The third-order valence-electron chi connectivity index (χ3n) is 2.15. The molecule has 0 aliphatic rings. The van der Waals surface area contributed by atoms with Crippen molar-refractivity contribution in [2.45, 2.75) is 0 Å². The van der Waals surface area contributed by atoms with Gasteiger partial charge in [-0.2, -0.15) is 0 Å². The smallest absolute Gasteiger partial charge is 0.171 e. The molecular weight excluding hydrogens is 273 g/mol. The number of aromatic nitrogens is 1. The number of ether oxygens (including phenoxy) is 2. The molecule has 1 heterocycles. The van der Waals surface area contributed by atoms with Gasteiger partial charge in [0, 0.05) is 11.2 Å². The van der Waals surface area contributed by atoms with E-state index in [1.54, 1.807) is 42.6 Å². The average Bonchev–Trinajstić information content (AvgIpc) is 2.39. The number of hydrogen-bond donors (Lipinski definition) is 0. The maximum atomic E-state index is 5.85. The fourth-order valence-corrected chi connectivity index (χ4v) is 1.62. The van der Waals surface area contributed by atoms with Gasteiger partial charge in [-0.15, -0.1) is 0 Å². The molecule has 2 aromatic rings. The van der Waals surface area contributed by atoms with Crippen molar-refractivity contribution in [2.75, 3.05) is 13.2 Å². The number of benzene rings is 1. The Bertz CT molecular complexity index is 503. The van der Waals surface area contributed by atoms with Crippen molar-refractivity contribution in [1.82, 2.24) is 4.98 Å². The van der Waals surface area contributed by atoms with E-state index in [9.17, 15) is 0 Å². The molecule has 0 unspecified atom stereocenters. The first-order valence-corrected chi connectivity index (χ1v) is 6.13. The molecule has 3 nitrogen and oxygen atoms in total. The van der Waals surface area contributed by atoms with Gasteiger partial charge in [-0.3, -0.25) is 0 Å². The van der Waals surface area contributed by atoms with Gasteiger partial charge < -0.3 is 9.47 Å². The predicted molar refractivity (Wildman–Crippen MR) is 71.7 cm³/mol. The standard InChI is InChI=1S/C13H11Cl2NO2/c14-10-3-5-11(6-4-10)17-8-9-18-12-2-1-7-16-13(12)15/h1-7H,8-9H2. The quantitative estimate of drug-likeness (QED) is 0.617. The van der Waals surface area contributed by atoms with Crippen LogP contribution in [0.2, 0.25) is 10.2 Å². The highest BCUT2D eigenvalue weighted by Crippen LogP contribution is 2.20. The number of pyridine rings is 1. The number of halogens is 2. The third kappa shape index (κ3) is 3.79. The van der Waals surface area contributed by atoms with Crippen molar-refractivity contribution in [3.8, 4) is 11.5 Å². The second kappa shape index (κ2) is 6.47. The van der Waals surface area contributed by atoms with Crippen molar-refractivity contribution in [2.24, 2.45) is 0 Å². The molecular formula is C13H11Cl2NO2. The highest BCUT2D eigenvalue weighted by atomic mass is 35.5. The highest BCUT2D eigenvalue weighted by molar-refractivity contribution is 6.31. The van der Waals surface area contributed by atoms with Crippen LogP contribution in [0.25, 0.3) is 0 Å². The van der Waals surface area contributed by atoms with Crippen LogP contribution in [-0.2, 0) is 0 Å². The molecule has 0 fully saturated rings. The van der Waals surface area contributed by atoms with Crippen LogP contribution in [0.1, 0.15) is 0 Å². The second-order valence-corrected chi connectivity index (χ2v) is 4.24. The largest absolute Gasteiger partial charge is 0.490 e. The Labute approximate surface area is 115 Å². The molecule has 0 aliphatic carbocycles. The molecule has 0 radical (unpaired) electrons. The number of rotatable bonds is 5. The fraction of sp³-hybridized carbons (Fsp3) is 0.154. The normalized spacial score (nSPS) is 10.1. The van der Waals surface area contributed by atoms with Crippen LogP contribution in [0.15, 0.2) is 42.6 Å². The molecule has 5 heteroatoms. The molecule has 1 aromatic heterocycles. The summed E-state index contributed by atoms with van der Waals surface area (Å²) in [5.74, 6) is 1.30. The monoisotopic (exact) mass is 283 g/mol. The first-order chi connectivity index (χ1) is 8.75. The Morgan fingerprint density at radius 3 is 2.39 bits per heavy atom. The van der Waals surface area contributed by atoms with Crippen molar-refractivity contribution in [3.63, 3.8) is 0 Å². The lowest BCUT2D eigenvalue weighted by molar-refractivity contribution is 0.217. The van der Waals surface area contributed by atoms with Crippen LogP contribution < -0.4 is 9.47 Å². The molecule has 2 rings (SSSR count). The summed E-state index contributed by atoms with van der Waals surface area (Å²) in [4.78, 5) is 3.91. The van der Waals surface area contributed by atoms with Gasteiger partial charge in [-0.05, 0) is 36.4 Å². The average molecular weight is 284 g/mol. The van der Waals surface area contributed by atoms with Crippen molar-refractivity contribution < 1.29 is 9.47 Å². The third-order valence-corrected chi connectivity index (χ3v) is 2.68. The summed E-state index contributed by atoms with van der Waals surface area (Å²) < 4.78 is 10.9. The molecule has 18 heavy (non-hydrogen) atoms. The molecule has 0 spiro atoms. The molecule has 0 atom stereocenters. The lowest BCUT2D eigenvalue weighted by atomic mass is 10.3. The topological polar surface area (TPSA) is 31.4 Å². The summed E-state index contributed by atoms with van der Waals surface area (Å²) >= 11 is 11.6. The Morgan fingerprint density at radius 2 is 1.67 bits per heavy atom. The molecule has 0 N–H and O–H groups in total. The molecule has 0 aliphatic heterocycles. The van der Waals surface area contributed by atoms with Crippen LogP contribution in [0.4, 0.5) is 0 Å². The van der Waals surface area contributed by atoms with E-state index in [0.717, 1.165) is 5.75 Å². The molecule has 1 aromatic carbocycles. The number of nitrogens with zero attached hydrogens (tertiary/aromatic N) is 1. The lowest BCUT2D eigenvalue weighted by Crippen LogP contribution is -2.09. The minimum absolute atomic E-state index is 0.351. The van der Waals surface area contributed by atoms with Crippen LogP contribution in [0, 0.1) is 0 Å². The second-order valence-electron chi connectivity index (χ2n) is 3.44. The Kier molecular flexibility index (Phi) is 4.67. The van der Waals surface area contributed by atoms with Gasteiger partial charge >= 0.3 is 0 Å². The first-order valence-electron chi connectivity index (χ1n) is 5.37. The fourth-order valence-electron chi connectivity index (χ4n) is 1.32. The first kappa shape index (κ1) is 13.0. The maximum absolute atomic E-state index is 5.85. The van der Waals surface area contributed by atoms with Gasteiger partial charge in [0.05, 0.1) is 0 Å². The zero-order chi connectivity index (χ0) is 12.8. The van der Waals surface area contributed by atoms with Crippen LogP contribution in [-0.4, -0.2) is 18.2 Å². The van der Waals surface area contributed by atoms with Gasteiger partial charge in [0.1, 0.15) is 19.0 Å².